The Hall–Kier alpha value is -0.810. The minimum absolute atomic E-state index is 0. The summed E-state index contributed by atoms with van der Waals surface area (Å²) in [5.41, 5.74) is 1.18. The maximum atomic E-state index is 5.63. The molecule has 0 saturated heterocycles. The molecule has 3 rings (SSSR count). The molecule has 0 aromatic rings. The van der Waals surface area contributed by atoms with Crippen LogP contribution in [0.1, 0.15) is 51.4 Å². The van der Waals surface area contributed by atoms with Crippen molar-refractivity contribution in [3.05, 3.63) is 19.7 Å². The highest BCUT2D eigenvalue weighted by molar-refractivity contribution is 5.17. The normalized spacial score (nSPS) is 42.7. The van der Waals surface area contributed by atoms with E-state index in [0.717, 1.165) is 10.5 Å². The Morgan fingerprint density at radius 1 is 0.900 bits per heavy atom. The van der Waals surface area contributed by atoms with Crippen molar-refractivity contribution in [2.75, 3.05) is 21.1 Å². The van der Waals surface area contributed by atoms with Crippen LogP contribution in [0.15, 0.2) is 0 Å². The van der Waals surface area contributed by atoms with E-state index in [-0.39, 0.29) is 14.9 Å². The zero-order valence-corrected chi connectivity index (χ0v) is 14.3. The lowest BCUT2D eigenvalue weighted by Crippen LogP contribution is -2.44. The molecule has 112 valence electrons. The van der Waals surface area contributed by atoms with Crippen LogP contribution >= 0.6 is 0 Å². The number of hydrogen-bond acceptors (Lipinski definition) is 0. The third kappa shape index (κ3) is 2.21. The van der Waals surface area contributed by atoms with Crippen LogP contribution in [0.3, 0.4) is 0 Å². The maximum Gasteiger partial charge on any atom is 0.273 e. The highest BCUT2D eigenvalue weighted by Crippen LogP contribution is 2.70. The summed E-state index contributed by atoms with van der Waals surface area (Å²) in [6, 6.07) is 1.30. The quantitative estimate of drug-likeness (QED) is 0.494. The number of hydrogen-bond donors (Lipinski definition) is 0. The van der Waals surface area contributed by atoms with Crippen LogP contribution in [0, 0.1) is 32.3 Å². The summed E-state index contributed by atoms with van der Waals surface area (Å²) < 4.78 is 1.13. The number of quaternary nitrogens is 1. The predicted octanol–water partition coefficient (Wildman–Crippen LogP) is 4.43. The van der Waals surface area contributed by atoms with Gasteiger partial charge in [-0.25, -0.2) is 0 Å². The van der Waals surface area contributed by atoms with Crippen LogP contribution < -0.4 is 0 Å². The van der Waals surface area contributed by atoms with Gasteiger partial charge in [-0.05, 0) is 23.7 Å². The molecule has 0 heterocycles. The average Bonchev–Trinajstić information content (AvgIpc) is 2.77. The van der Waals surface area contributed by atoms with E-state index in [1.807, 2.05) is 0 Å². The van der Waals surface area contributed by atoms with E-state index in [1.165, 1.54) is 51.4 Å². The summed E-state index contributed by atoms with van der Waals surface area (Å²) in [4.78, 5) is 4.17. The molecule has 3 saturated carbocycles. The van der Waals surface area contributed by atoms with Gasteiger partial charge in [-0.15, -0.1) is 0 Å². The second-order valence-electron chi connectivity index (χ2n) is 8.16. The van der Waals surface area contributed by atoms with Gasteiger partial charge in [-0.3, -0.25) is 0 Å². The molecule has 0 aliphatic heterocycles. The predicted molar refractivity (Wildman–Crippen MR) is 88.5 cm³/mol. The fourth-order valence-corrected chi connectivity index (χ4v) is 5.50. The second-order valence-corrected chi connectivity index (χ2v) is 8.16. The maximum absolute atomic E-state index is 5.63. The van der Waals surface area contributed by atoms with Gasteiger partial charge in [0.1, 0.15) is 0 Å². The van der Waals surface area contributed by atoms with Crippen LogP contribution in [0.4, 0.5) is 0 Å². The highest BCUT2D eigenvalue weighted by Gasteiger charge is 2.68. The lowest BCUT2D eigenvalue weighted by atomic mass is 9.60. The van der Waals surface area contributed by atoms with E-state index in [1.54, 1.807) is 0 Å². The van der Waals surface area contributed by atoms with Gasteiger partial charge in [0.05, 0.1) is 27.2 Å². The van der Waals surface area contributed by atoms with Gasteiger partial charge >= 0.3 is 0 Å². The Labute approximate surface area is 127 Å². The Balaban J connectivity index is 0.000001000. The Bertz CT molecular complexity index is 365. The van der Waals surface area contributed by atoms with Crippen molar-refractivity contribution in [1.29, 1.82) is 0 Å². The van der Waals surface area contributed by atoms with E-state index >= 15 is 0 Å². The molecule has 3 aliphatic rings. The van der Waals surface area contributed by atoms with Crippen molar-refractivity contribution < 1.29 is 4.48 Å². The molecular weight excluding hydrogens is 244 g/mol. The average molecular weight is 278 g/mol. The van der Waals surface area contributed by atoms with E-state index < -0.39 is 0 Å². The molecule has 3 aliphatic carbocycles. The molecule has 0 aromatic heterocycles. The van der Waals surface area contributed by atoms with Gasteiger partial charge in [-0.1, -0.05) is 17.7 Å². The molecule has 0 N–H and O–H groups in total. The third-order valence-electron chi connectivity index (χ3n) is 6.50. The summed E-state index contributed by atoms with van der Waals surface area (Å²) in [6.45, 7) is 5.63. The van der Waals surface area contributed by atoms with Crippen molar-refractivity contribution in [2.24, 2.45) is 10.8 Å². The van der Waals surface area contributed by atoms with Gasteiger partial charge in [0.25, 0.3) is 12.6 Å². The van der Waals surface area contributed by atoms with Gasteiger partial charge in [-0.2, -0.15) is 0 Å². The minimum Gasteiger partial charge on any atom is -0.328 e. The number of nitrogens with zero attached hydrogens (tertiary/aromatic N) is 2. The summed E-state index contributed by atoms with van der Waals surface area (Å²) >= 11 is 0. The van der Waals surface area contributed by atoms with Crippen molar-refractivity contribution in [3.8, 4) is 6.57 Å². The van der Waals surface area contributed by atoms with Gasteiger partial charge in [0.15, 0.2) is 0 Å². The molecule has 3 fully saturated rings. The van der Waals surface area contributed by atoms with Crippen molar-refractivity contribution in [2.45, 2.75) is 63.5 Å². The molecule has 0 amide bonds. The lowest BCUT2D eigenvalue weighted by Gasteiger charge is -2.43. The van der Waals surface area contributed by atoms with Crippen LogP contribution in [0.2, 0.25) is 0 Å². The van der Waals surface area contributed by atoms with Crippen molar-refractivity contribution in [3.63, 3.8) is 0 Å². The molecule has 2 heteroatoms. The zero-order chi connectivity index (χ0) is 13.0. The summed E-state index contributed by atoms with van der Waals surface area (Å²) in [6.07, 6.45) is 11.1. The first-order chi connectivity index (χ1) is 8.41. The van der Waals surface area contributed by atoms with Crippen LogP contribution in [0.5, 0.6) is 0 Å². The molecule has 0 spiro atoms. The molecule has 2 unspecified atom stereocenters. The molecule has 0 aromatic carbocycles. The van der Waals surface area contributed by atoms with Crippen molar-refractivity contribution >= 4 is 0 Å². The van der Waals surface area contributed by atoms with Gasteiger partial charge in [0.2, 0.25) is 0 Å². The van der Waals surface area contributed by atoms with Crippen LogP contribution in [0.25, 0.3) is 4.85 Å². The Morgan fingerprint density at radius 2 is 1.35 bits per heavy atom. The fraction of sp³-hybridized carbons (Fsp3) is 0.833. The first kappa shape index (κ1) is 17.2. The first-order valence-corrected chi connectivity index (χ1v) is 7.62. The standard InChI is InChI=1S/C16H28N2.2CH3/c1-17-13-9-15-7-5-6-8-16(15,10-13)12-14(11-15)18(2,3)4;;/h1,13-14H,5-12H2,2-4H3;2*1H3/q+2;2*+1. The molecule has 0 radical (unpaired) electrons. The van der Waals surface area contributed by atoms with E-state index in [2.05, 4.69) is 26.0 Å². The fourth-order valence-electron chi connectivity index (χ4n) is 5.50. The van der Waals surface area contributed by atoms with Crippen LogP contribution in [-0.2, 0) is 0 Å². The smallest absolute Gasteiger partial charge is 0.273 e. The molecule has 20 heavy (non-hydrogen) atoms. The largest absolute Gasteiger partial charge is 0.328 e. The van der Waals surface area contributed by atoms with Gasteiger partial charge in [0, 0.05) is 40.5 Å². The molecule has 0 bridgehead atoms. The Kier molecular flexibility index (Phi) is 4.47. The molecular formula is C18H34N2+4. The monoisotopic (exact) mass is 278 g/mol. The Morgan fingerprint density at radius 3 is 1.70 bits per heavy atom. The molecule has 2 nitrogen and oxygen atoms in total. The third-order valence-corrected chi connectivity index (χ3v) is 6.50. The summed E-state index contributed by atoms with van der Waals surface area (Å²) in [5, 5.41) is 0. The van der Waals surface area contributed by atoms with E-state index in [0.29, 0.717) is 16.9 Å². The topological polar surface area (TPSA) is 4.36 Å². The first-order valence-electron chi connectivity index (χ1n) is 7.62. The van der Waals surface area contributed by atoms with Crippen LogP contribution in [-0.4, -0.2) is 37.7 Å². The number of rotatable bonds is 1. The van der Waals surface area contributed by atoms with E-state index in [4.69, 9.17) is 6.57 Å². The van der Waals surface area contributed by atoms with Crippen molar-refractivity contribution in [1.82, 2.24) is 0 Å². The SMILES string of the molecule is C#[N+]C1CC23CCCCC2(C1)CC([N+](C)(C)C)C3.[CH3+].[CH3+]. The summed E-state index contributed by atoms with van der Waals surface area (Å²) in [7, 11) is 7.11. The second kappa shape index (κ2) is 5.19. The summed E-state index contributed by atoms with van der Waals surface area (Å²) in [5.74, 6) is 0. The lowest BCUT2D eigenvalue weighted by molar-refractivity contribution is -0.896. The van der Waals surface area contributed by atoms with E-state index in [9.17, 15) is 0 Å². The van der Waals surface area contributed by atoms with Gasteiger partial charge < -0.3 is 4.48 Å². The zero-order valence-electron chi connectivity index (χ0n) is 14.3. The minimum atomic E-state index is 0. The molecule has 2 atom stereocenters. The highest BCUT2D eigenvalue weighted by atomic mass is 15.3.